The quantitative estimate of drug-likeness (QED) is 0.814. The van der Waals surface area contributed by atoms with Crippen LogP contribution < -0.4 is 5.73 Å². The third-order valence-electron chi connectivity index (χ3n) is 2.51. The van der Waals surface area contributed by atoms with Crippen LogP contribution in [0.4, 0.5) is 0 Å². The van der Waals surface area contributed by atoms with Gasteiger partial charge in [0.15, 0.2) is 0 Å². The smallest absolute Gasteiger partial charge is 0.239 e. The van der Waals surface area contributed by atoms with E-state index in [0.717, 1.165) is 11.3 Å². The molecule has 0 saturated carbocycles. The fourth-order valence-corrected chi connectivity index (χ4v) is 1.37. The summed E-state index contributed by atoms with van der Waals surface area (Å²) in [6.07, 6.45) is 2.29. The molecular formula is C11H18N2O2. The van der Waals surface area contributed by atoms with Gasteiger partial charge < -0.3 is 15.1 Å². The van der Waals surface area contributed by atoms with Gasteiger partial charge in [-0.15, -0.1) is 0 Å². The average Bonchev–Trinajstić information content (AvgIpc) is 2.62. The number of carbonyl (C=O) groups is 1. The summed E-state index contributed by atoms with van der Waals surface area (Å²) in [5.41, 5.74) is 6.69. The van der Waals surface area contributed by atoms with Crippen LogP contribution in [-0.4, -0.2) is 23.9 Å². The zero-order chi connectivity index (χ0) is 11.4. The lowest BCUT2D eigenvalue weighted by molar-refractivity contribution is -0.131. The van der Waals surface area contributed by atoms with E-state index < -0.39 is 6.04 Å². The lowest BCUT2D eigenvalue weighted by Crippen LogP contribution is -2.40. The normalized spacial score (nSPS) is 12.5. The van der Waals surface area contributed by atoms with Gasteiger partial charge in [0.05, 0.1) is 12.3 Å². The fraction of sp³-hybridized carbons (Fsp3) is 0.545. The molecular weight excluding hydrogens is 192 g/mol. The van der Waals surface area contributed by atoms with E-state index in [0.29, 0.717) is 13.0 Å². The molecule has 1 amide bonds. The Labute approximate surface area is 90.0 Å². The molecule has 4 nitrogen and oxygen atoms in total. The molecule has 0 aliphatic heterocycles. The molecule has 0 aliphatic rings. The van der Waals surface area contributed by atoms with Crippen molar-refractivity contribution in [2.75, 3.05) is 7.05 Å². The van der Waals surface area contributed by atoms with E-state index in [-0.39, 0.29) is 5.91 Å². The number of nitrogens with two attached hydrogens (primary N) is 1. The van der Waals surface area contributed by atoms with Crippen LogP contribution in [-0.2, 0) is 11.3 Å². The van der Waals surface area contributed by atoms with Gasteiger partial charge in [-0.3, -0.25) is 4.79 Å². The Bertz CT molecular complexity index is 333. The summed E-state index contributed by atoms with van der Waals surface area (Å²) in [5.74, 6) is 0.817. The molecule has 1 aromatic heterocycles. The number of hydrogen-bond acceptors (Lipinski definition) is 3. The van der Waals surface area contributed by atoms with Crippen LogP contribution in [0.15, 0.2) is 16.7 Å². The molecule has 0 aliphatic carbocycles. The minimum atomic E-state index is -0.401. The highest BCUT2D eigenvalue weighted by atomic mass is 16.3. The number of hydrogen-bond donors (Lipinski definition) is 1. The zero-order valence-corrected chi connectivity index (χ0v) is 9.49. The van der Waals surface area contributed by atoms with Crippen molar-refractivity contribution in [3.05, 3.63) is 23.7 Å². The Morgan fingerprint density at radius 1 is 1.67 bits per heavy atom. The van der Waals surface area contributed by atoms with Crippen LogP contribution in [0.5, 0.6) is 0 Å². The molecule has 2 N–H and O–H groups in total. The van der Waals surface area contributed by atoms with Gasteiger partial charge in [0.1, 0.15) is 5.76 Å². The number of likely N-dealkylation sites (N-methyl/N-ethyl adjacent to an activating group) is 1. The first kappa shape index (κ1) is 11.8. The second-order valence-electron chi connectivity index (χ2n) is 3.71. The highest BCUT2D eigenvalue weighted by Crippen LogP contribution is 2.11. The highest BCUT2D eigenvalue weighted by molar-refractivity contribution is 5.81. The Morgan fingerprint density at radius 2 is 2.33 bits per heavy atom. The lowest BCUT2D eigenvalue weighted by atomic mass is 10.2. The maximum atomic E-state index is 11.7. The van der Waals surface area contributed by atoms with Gasteiger partial charge in [-0.05, 0) is 19.4 Å². The largest absolute Gasteiger partial charge is 0.469 e. The zero-order valence-electron chi connectivity index (χ0n) is 9.49. The van der Waals surface area contributed by atoms with Crippen molar-refractivity contribution in [1.82, 2.24) is 4.90 Å². The van der Waals surface area contributed by atoms with Crippen LogP contribution in [0.3, 0.4) is 0 Å². The van der Waals surface area contributed by atoms with Gasteiger partial charge >= 0.3 is 0 Å². The number of aryl methyl sites for hydroxylation is 1. The Kier molecular flexibility index (Phi) is 3.91. The van der Waals surface area contributed by atoms with E-state index in [2.05, 4.69) is 0 Å². The molecule has 0 spiro atoms. The monoisotopic (exact) mass is 210 g/mol. The van der Waals surface area contributed by atoms with Gasteiger partial charge in [0.2, 0.25) is 5.91 Å². The standard InChI is InChI=1S/C11H18N2O2/c1-4-10(12)11(14)13(3)7-9-5-6-15-8(9)2/h5-6,10H,4,7,12H2,1-3H3. The summed E-state index contributed by atoms with van der Waals surface area (Å²) in [4.78, 5) is 13.3. The van der Waals surface area contributed by atoms with E-state index in [1.54, 1.807) is 18.2 Å². The predicted octanol–water partition coefficient (Wildman–Crippen LogP) is 1.28. The van der Waals surface area contributed by atoms with Crippen molar-refractivity contribution in [3.8, 4) is 0 Å². The number of nitrogens with zero attached hydrogens (tertiary/aromatic N) is 1. The molecule has 0 saturated heterocycles. The van der Waals surface area contributed by atoms with Crippen molar-refractivity contribution in [2.24, 2.45) is 5.73 Å². The van der Waals surface area contributed by atoms with Crippen LogP contribution in [0, 0.1) is 6.92 Å². The second-order valence-corrected chi connectivity index (χ2v) is 3.71. The maximum Gasteiger partial charge on any atom is 0.239 e. The molecule has 1 aromatic rings. The molecule has 15 heavy (non-hydrogen) atoms. The van der Waals surface area contributed by atoms with Gasteiger partial charge in [-0.1, -0.05) is 6.92 Å². The summed E-state index contributed by atoms with van der Waals surface area (Å²) in [7, 11) is 1.75. The SMILES string of the molecule is CCC(N)C(=O)N(C)Cc1ccoc1C. The molecule has 1 unspecified atom stereocenters. The van der Waals surface area contributed by atoms with E-state index in [4.69, 9.17) is 10.2 Å². The minimum Gasteiger partial charge on any atom is -0.469 e. The van der Waals surface area contributed by atoms with Crippen molar-refractivity contribution in [3.63, 3.8) is 0 Å². The average molecular weight is 210 g/mol. The second kappa shape index (κ2) is 4.98. The third kappa shape index (κ3) is 2.83. The lowest BCUT2D eigenvalue weighted by Gasteiger charge is -2.20. The van der Waals surface area contributed by atoms with Crippen LogP contribution >= 0.6 is 0 Å². The molecule has 0 fully saturated rings. The van der Waals surface area contributed by atoms with Gasteiger partial charge in [0.25, 0.3) is 0 Å². The first-order valence-corrected chi connectivity index (χ1v) is 5.09. The molecule has 1 rings (SSSR count). The maximum absolute atomic E-state index is 11.7. The van der Waals surface area contributed by atoms with Crippen molar-refractivity contribution < 1.29 is 9.21 Å². The summed E-state index contributed by atoms with van der Waals surface area (Å²) in [6, 6.07) is 1.47. The third-order valence-corrected chi connectivity index (χ3v) is 2.51. The topological polar surface area (TPSA) is 59.5 Å². The molecule has 0 bridgehead atoms. The minimum absolute atomic E-state index is 0.0295. The molecule has 0 radical (unpaired) electrons. The van der Waals surface area contributed by atoms with Crippen LogP contribution in [0.2, 0.25) is 0 Å². The van der Waals surface area contributed by atoms with Crippen molar-refractivity contribution >= 4 is 5.91 Å². The number of furan rings is 1. The highest BCUT2D eigenvalue weighted by Gasteiger charge is 2.17. The first-order valence-electron chi connectivity index (χ1n) is 5.09. The number of carbonyl (C=O) groups excluding carboxylic acids is 1. The Morgan fingerprint density at radius 3 is 2.80 bits per heavy atom. The molecule has 4 heteroatoms. The van der Waals surface area contributed by atoms with Crippen LogP contribution in [0.1, 0.15) is 24.7 Å². The van der Waals surface area contributed by atoms with Crippen molar-refractivity contribution in [2.45, 2.75) is 32.9 Å². The fourth-order valence-electron chi connectivity index (χ4n) is 1.37. The summed E-state index contributed by atoms with van der Waals surface area (Å²) < 4.78 is 5.16. The molecule has 1 atom stereocenters. The first-order chi connectivity index (χ1) is 7.06. The number of amides is 1. The molecule has 84 valence electrons. The summed E-state index contributed by atoms with van der Waals surface area (Å²) in [5, 5.41) is 0. The summed E-state index contributed by atoms with van der Waals surface area (Å²) in [6.45, 7) is 4.34. The van der Waals surface area contributed by atoms with E-state index in [9.17, 15) is 4.79 Å². The van der Waals surface area contributed by atoms with Gasteiger partial charge in [-0.2, -0.15) is 0 Å². The Hall–Kier alpha value is -1.29. The van der Waals surface area contributed by atoms with Gasteiger partial charge in [0, 0.05) is 19.2 Å². The van der Waals surface area contributed by atoms with Gasteiger partial charge in [-0.25, -0.2) is 0 Å². The van der Waals surface area contributed by atoms with E-state index in [1.165, 1.54) is 0 Å². The Balaban J connectivity index is 2.60. The van der Waals surface area contributed by atoms with E-state index in [1.807, 2.05) is 19.9 Å². The van der Waals surface area contributed by atoms with E-state index >= 15 is 0 Å². The van der Waals surface area contributed by atoms with Crippen molar-refractivity contribution in [1.29, 1.82) is 0 Å². The molecule has 0 aromatic carbocycles. The molecule has 1 heterocycles. The number of rotatable bonds is 4. The van der Waals surface area contributed by atoms with Crippen LogP contribution in [0.25, 0.3) is 0 Å². The predicted molar refractivity (Wildman–Crippen MR) is 58.2 cm³/mol. The summed E-state index contributed by atoms with van der Waals surface area (Å²) >= 11 is 0.